The third kappa shape index (κ3) is 1.28. The summed E-state index contributed by atoms with van der Waals surface area (Å²) in [5.41, 5.74) is 0. The van der Waals surface area contributed by atoms with E-state index >= 15 is 0 Å². The highest BCUT2D eigenvalue weighted by Crippen LogP contribution is 2.44. The highest BCUT2D eigenvalue weighted by atomic mass is 19.4. The van der Waals surface area contributed by atoms with Crippen LogP contribution in [0.25, 0.3) is 0 Å². The third-order valence-electron chi connectivity index (χ3n) is 1.25. The van der Waals surface area contributed by atoms with E-state index in [1.54, 1.807) is 0 Å². The van der Waals surface area contributed by atoms with Crippen molar-refractivity contribution in [3.8, 4) is 0 Å². The summed E-state index contributed by atoms with van der Waals surface area (Å²) in [4.78, 5) is 9.91. The monoisotopic (exact) mass is 222 g/mol. The molecule has 1 heterocycles. The van der Waals surface area contributed by atoms with Gasteiger partial charge >= 0.3 is 30.0 Å². The Morgan fingerprint density at radius 2 is 1.50 bits per heavy atom. The van der Waals surface area contributed by atoms with Crippen molar-refractivity contribution in [2.24, 2.45) is 0 Å². The molecule has 1 rings (SSSR count). The predicted molar refractivity (Wildman–Crippen MR) is 26.3 cm³/mol. The number of carbonyl (C=O) groups is 1. The van der Waals surface area contributed by atoms with Crippen molar-refractivity contribution < 1.29 is 40.6 Å². The third-order valence-corrected chi connectivity index (χ3v) is 1.25. The molecule has 0 aromatic carbocycles. The molecule has 14 heavy (non-hydrogen) atoms. The smallest absolute Gasteiger partial charge is 0.406 e. The van der Waals surface area contributed by atoms with Crippen LogP contribution < -0.4 is 0 Å². The molecule has 1 aliphatic heterocycles. The molecular weight excluding hydrogens is 222 g/mol. The van der Waals surface area contributed by atoms with Crippen molar-refractivity contribution in [1.29, 1.82) is 0 Å². The fraction of sp³-hybridized carbons (Fsp3) is 0.400. The summed E-state index contributed by atoms with van der Waals surface area (Å²) in [6, 6.07) is -8.07. The van der Waals surface area contributed by atoms with Gasteiger partial charge in [0.2, 0.25) is 0 Å². The van der Waals surface area contributed by atoms with E-state index in [1.165, 1.54) is 0 Å². The van der Waals surface area contributed by atoms with Gasteiger partial charge in [0.25, 0.3) is 0 Å². The number of carbonyl (C=O) groups excluding carboxylic acids is 1. The van der Waals surface area contributed by atoms with Gasteiger partial charge in [-0.1, -0.05) is 0 Å². The van der Waals surface area contributed by atoms with Crippen molar-refractivity contribution >= 4 is 6.04 Å². The van der Waals surface area contributed by atoms with E-state index in [2.05, 4.69) is 9.47 Å². The average Bonchev–Trinajstić information content (AvgIpc) is 2.28. The minimum absolute atomic E-state index is 2.44. The van der Waals surface area contributed by atoms with Crippen molar-refractivity contribution in [3.05, 3.63) is 12.0 Å². The Kier molecular flexibility index (Phi) is 2.13. The molecule has 0 unspecified atom stereocenters. The first-order chi connectivity index (χ1) is 6.21. The fourth-order valence-corrected chi connectivity index (χ4v) is 0.661. The minimum Gasteiger partial charge on any atom is -0.406 e. The number of rotatable bonds is 1. The number of halogens is 6. The molecule has 3 nitrogen and oxygen atoms in total. The van der Waals surface area contributed by atoms with Gasteiger partial charge in [0, 0.05) is 0 Å². The van der Waals surface area contributed by atoms with Gasteiger partial charge < -0.3 is 9.47 Å². The number of alkyl halides is 3. The minimum atomic E-state index is -5.73. The van der Waals surface area contributed by atoms with E-state index in [1.807, 2.05) is 0 Å². The van der Waals surface area contributed by atoms with E-state index in [9.17, 15) is 31.1 Å². The second-order valence-corrected chi connectivity index (χ2v) is 2.14. The van der Waals surface area contributed by atoms with Crippen LogP contribution in [0.5, 0.6) is 0 Å². The Bertz CT molecular complexity index is 291. The first-order valence-electron chi connectivity index (χ1n) is 2.90. The molecule has 0 saturated heterocycles. The Morgan fingerprint density at radius 1 is 1.14 bits per heavy atom. The number of hydrogen-bond acceptors (Lipinski definition) is 3. The zero-order valence-electron chi connectivity index (χ0n) is 5.99. The molecular formula is C5F6O3. The lowest BCUT2D eigenvalue weighted by atomic mass is 10.3. The van der Waals surface area contributed by atoms with Crippen LogP contribution in [0.1, 0.15) is 0 Å². The summed E-state index contributed by atoms with van der Waals surface area (Å²) >= 11 is 0. The summed E-state index contributed by atoms with van der Waals surface area (Å²) in [6.07, 6.45) is -5.73. The first-order valence-corrected chi connectivity index (χ1v) is 2.90. The zero-order valence-corrected chi connectivity index (χ0v) is 5.99. The van der Waals surface area contributed by atoms with E-state index in [0.29, 0.717) is 0 Å². The topological polar surface area (TPSA) is 35.5 Å². The van der Waals surface area contributed by atoms with Gasteiger partial charge in [-0.25, -0.2) is 0 Å². The van der Waals surface area contributed by atoms with Crippen LogP contribution in [0.15, 0.2) is 12.0 Å². The molecule has 80 valence electrons. The lowest BCUT2D eigenvalue weighted by Gasteiger charge is -2.23. The van der Waals surface area contributed by atoms with E-state index in [0.717, 1.165) is 0 Å². The van der Waals surface area contributed by atoms with Gasteiger partial charge in [-0.3, -0.25) is 4.79 Å². The molecule has 9 heteroatoms. The molecule has 1 aliphatic rings. The highest BCUT2D eigenvalue weighted by molar-refractivity contribution is 5.78. The van der Waals surface area contributed by atoms with E-state index in [4.69, 9.17) is 0 Å². The maximum atomic E-state index is 12.0. The zero-order chi connectivity index (χ0) is 11.1. The first kappa shape index (κ1) is 10.7. The van der Waals surface area contributed by atoms with Crippen molar-refractivity contribution in [1.82, 2.24) is 0 Å². The summed E-state index contributed by atoms with van der Waals surface area (Å²) < 4.78 is 78.0. The predicted octanol–water partition coefficient (Wildman–Crippen LogP) is 1.85. The van der Waals surface area contributed by atoms with Crippen molar-refractivity contribution in [2.45, 2.75) is 12.0 Å². The van der Waals surface area contributed by atoms with Crippen LogP contribution in [-0.2, 0) is 14.3 Å². The summed E-state index contributed by atoms with van der Waals surface area (Å²) in [5, 5.41) is 0. The fourth-order valence-electron chi connectivity index (χ4n) is 0.661. The van der Waals surface area contributed by atoms with Gasteiger partial charge in [0.05, 0.1) is 0 Å². The molecule has 0 saturated carbocycles. The Morgan fingerprint density at radius 3 is 1.64 bits per heavy atom. The maximum absolute atomic E-state index is 12.0. The molecule has 0 atom stereocenters. The molecule has 0 aromatic rings. The maximum Gasteiger partial charge on any atom is 0.480 e. The highest BCUT2D eigenvalue weighted by Gasteiger charge is 2.71. The van der Waals surface area contributed by atoms with E-state index in [-0.39, 0.29) is 0 Å². The molecule has 0 fully saturated rings. The average molecular weight is 222 g/mol. The lowest BCUT2D eigenvalue weighted by Crippen LogP contribution is -2.52. The number of ether oxygens (including phenoxy) is 2. The van der Waals surface area contributed by atoms with Crippen molar-refractivity contribution in [3.63, 3.8) is 0 Å². The van der Waals surface area contributed by atoms with Crippen LogP contribution >= 0.6 is 0 Å². The standard InChI is InChI=1S/C5F6O3/c6-1-2(7)14-4(13-1,3(8)12)5(9,10)11. The second-order valence-electron chi connectivity index (χ2n) is 2.14. The van der Waals surface area contributed by atoms with Crippen LogP contribution in [0.2, 0.25) is 0 Å². The van der Waals surface area contributed by atoms with Gasteiger partial charge in [-0.05, 0) is 0 Å². The Labute approximate surface area is 71.9 Å². The molecule has 0 N–H and O–H groups in total. The SMILES string of the molecule is O=C(F)C1(C(F)(F)F)OC(F)=C(F)O1. The normalized spacial score (nSPS) is 20.4. The Balaban J connectivity index is 3.09. The molecule has 0 aromatic heterocycles. The van der Waals surface area contributed by atoms with Crippen LogP contribution in [0.3, 0.4) is 0 Å². The van der Waals surface area contributed by atoms with Gasteiger partial charge in [-0.15, -0.1) is 0 Å². The molecule has 0 aliphatic carbocycles. The Hall–Kier alpha value is -1.41. The molecule has 0 bridgehead atoms. The molecule has 0 amide bonds. The largest absolute Gasteiger partial charge is 0.480 e. The summed E-state index contributed by atoms with van der Waals surface area (Å²) in [5.74, 6) is -4.55. The van der Waals surface area contributed by atoms with E-state index < -0.39 is 30.0 Å². The quantitative estimate of drug-likeness (QED) is 0.501. The van der Waals surface area contributed by atoms with Crippen LogP contribution in [0, 0.1) is 0 Å². The lowest BCUT2D eigenvalue weighted by molar-refractivity contribution is -0.331. The summed E-state index contributed by atoms with van der Waals surface area (Å²) in [7, 11) is 0. The van der Waals surface area contributed by atoms with Crippen LogP contribution in [-0.4, -0.2) is 18.0 Å². The van der Waals surface area contributed by atoms with Gasteiger partial charge in [-0.2, -0.15) is 26.3 Å². The molecule has 0 radical (unpaired) electrons. The van der Waals surface area contributed by atoms with Gasteiger partial charge in [0.1, 0.15) is 0 Å². The van der Waals surface area contributed by atoms with Crippen LogP contribution in [0.4, 0.5) is 26.3 Å². The molecule has 0 spiro atoms. The van der Waals surface area contributed by atoms with Gasteiger partial charge in [0.15, 0.2) is 0 Å². The van der Waals surface area contributed by atoms with Crippen molar-refractivity contribution in [2.75, 3.05) is 0 Å². The second kappa shape index (κ2) is 2.79. The number of hydrogen-bond donors (Lipinski definition) is 0. The summed E-state index contributed by atoms with van der Waals surface area (Å²) in [6.45, 7) is 0.